The maximum absolute atomic E-state index is 3.42. The summed E-state index contributed by atoms with van der Waals surface area (Å²) in [5.74, 6) is 0. The molecule has 4 nitrogen and oxygen atoms in total. The van der Waals surface area contributed by atoms with Crippen LogP contribution in [-0.2, 0) is 6.54 Å². The third kappa shape index (κ3) is 4.97. The molecule has 2 N–H and O–H groups in total. The summed E-state index contributed by atoms with van der Waals surface area (Å²) in [5.41, 5.74) is 1.70. The molecule has 1 aromatic rings. The summed E-state index contributed by atoms with van der Waals surface area (Å²) >= 11 is 0. The minimum atomic E-state index is 0.336. The van der Waals surface area contributed by atoms with Crippen LogP contribution in [0.15, 0.2) is 18.5 Å². The molecule has 4 heteroatoms. The van der Waals surface area contributed by atoms with E-state index in [1.54, 1.807) is 0 Å². The Bertz CT molecular complexity index is 352. The first kappa shape index (κ1) is 14.6. The number of hydrogen-bond donors (Lipinski definition) is 2. The topological polar surface area (TPSA) is 34.3 Å². The van der Waals surface area contributed by atoms with Gasteiger partial charge in [0.15, 0.2) is 0 Å². The van der Waals surface area contributed by atoms with Crippen molar-refractivity contribution in [2.75, 3.05) is 46.3 Å². The standard InChI is InChI=1S/C15H28N4/c1-15(2,13-19-8-6-16-7-9-19)12-18(3)11-14-4-5-17-10-14/h4-5,10,16-17H,6-9,11-13H2,1-3H3. The highest BCUT2D eigenvalue weighted by Crippen LogP contribution is 2.19. The molecule has 108 valence electrons. The van der Waals surface area contributed by atoms with Crippen LogP contribution in [0.5, 0.6) is 0 Å². The second-order valence-corrected chi connectivity index (χ2v) is 6.58. The number of nitrogens with one attached hydrogen (secondary N) is 2. The Morgan fingerprint density at radius 2 is 2.05 bits per heavy atom. The van der Waals surface area contributed by atoms with Crippen LogP contribution in [0.4, 0.5) is 0 Å². The zero-order chi connectivity index (χ0) is 13.7. The average Bonchev–Trinajstić information content (AvgIpc) is 2.81. The van der Waals surface area contributed by atoms with Crippen LogP contribution in [0.2, 0.25) is 0 Å². The molecule has 1 saturated heterocycles. The highest BCUT2D eigenvalue weighted by Gasteiger charge is 2.24. The van der Waals surface area contributed by atoms with Gasteiger partial charge in [-0.2, -0.15) is 0 Å². The van der Waals surface area contributed by atoms with Gasteiger partial charge in [0.05, 0.1) is 0 Å². The van der Waals surface area contributed by atoms with Gasteiger partial charge in [0.2, 0.25) is 0 Å². The largest absolute Gasteiger partial charge is 0.367 e. The summed E-state index contributed by atoms with van der Waals surface area (Å²) in [4.78, 5) is 8.13. The second kappa shape index (κ2) is 6.55. The van der Waals surface area contributed by atoms with Crippen LogP contribution < -0.4 is 5.32 Å². The molecule has 2 heterocycles. The molecule has 0 aromatic carbocycles. The SMILES string of the molecule is CN(Cc1cc[nH]c1)CC(C)(C)CN1CCNCC1. The summed E-state index contributed by atoms with van der Waals surface area (Å²) in [6.45, 7) is 12.7. The summed E-state index contributed by atoms with van der Waals surface area (Å²) in [6.07, 6.45) is 4.08. The van der Waals surface area contributed by atoms with Crippen LogP contribution in [0.1, 0.15) is 19.4 Å². The molecule has 1 fully saturated rings. The summed E-state index contributed by atoms with van der Waals surface area (Å²) in [6, 6.07) is 2.15. The third-order valence-electron chi connectivity index (χ3n) is 3.67. The smallest absolute Gasteiger partial charge is 0.0245 e. The molecule has 0 amide bonds. The lowest BCUT2D eigenvalue weighted by molar-refractivity contribution is 0.121. The van der Waals surface area contributed by atoms with Gasteiger partial charge >= 0.3 is 0 Å². The molecule has 0 aliphatic carbocycles. The molecule has 1 aliphatic rings. The molecule has 0 saturated carbocycles. The number of hydrogen-bond acceptors (Lipinski definition) is 3. The molecule has 1 aliphatic heterocycles. The van der Waals surface area contributed by atoms with Crippen molar-refractivity contribution in [1.29, 1.82) is 0 Å². The van der Waals surface area contributed by atoms with Gasteiger partial charge in [0, 0.05) is 58.2 Å². The Morgan fingerprint density at radius 1 is 1.32 bits per heavy atom. The molecule has 0 radical (unpaired) electrons. The Morgan fingerprint density at radius 3 is 2.68 bits per heavy atom. The quantitative estimate of drug-likeness (QED) is 0.814. The molecule has 0 bridgehead atoms. The molecular weight excluding hydrogens is 236 g/mol. The zero-order valence-corrected chi connectivity index (χ0v) is 12.6. The average molecular weight is 264 g/mol. The summed E-state index contributed by atoms with van der Waals surface area (Å²) < 4.78 is 0. The van der Waals surface area contributed by atoms with Crippen molar-refractivity contribution in [2.45, 2.75) is 20.4 Å². The lowest BCUT2D eigenvalue weighted by Gasteiger charge is -2.37. The van der Waals surface area contributed by atoms with Crippen molar-refractivity contribution in [3.8, 4) is 0 Å². The van der Waals surface area contributed by atoms with Crippen molar-refractivity contribution in [3.05, 3.63) is 24.0 Å². The van der Waals surface area contributed by atoms with Gasteiger partial charge in [0.1, 0.15) is 0 Å². The second-order valence-electron chi connectivity index (χ2n) is 6.58. The van der Waals surface area contributed by atoms with E-state index >= 15 is 0 Å². The fraction of sp³-hybridized carbons (Fsp3) is 0.733. The van der Waals surface area contributed by atoms with E-state index in [9.17, 15) is 0 Å². The van der Waals surface area contributed by atoms with E-state index in [-0.39, 0.29) is 0 Å². The Balaban J connectivity index is 1.78. The molecular formula is C15H28N4. The molecule has 0 unspecified atom stereocenters. The number of piperazine rings is 1. The monoisotopic (exact) mass is 264 g/mol. The van der Waals surface area contributed by atoms with Crippen molar-refractivity contribution >= 4 is 0 Å². The predicted molar refractivity (Wildman–Crippen MR) is 80.2 cm³/mol. The Hall–Kier alpha value is -0.840. The normalized spacial score (nSPS) is 18.1. The minimum absolute atomic E-state index is 0.336. The zero-order valence-electron chi connectivity index (χ0n) is 12.6. The van der Waals surface area contributed by atoms with Gasteiger partial charge in [-0.15, -0.1) is 0 Å². The van der Waals surface area contributed by atoms with E-state index in [0.717, 1.165) is 26.2 Å². The Kier molecular flexibility index (Phi) is 5.02. The molecule has 0 spiro atoms. The van der Waals surface area contributed by atoms with E-state index in [1.807, 2.05) is 6.20 Å². The van der Waals surface area contributed by atoms with Gasteiger partial charge in [-0.05, 0) is 24.1 Å². The van der Waals surface area contributed by atoms with Crippen molar-refractivity contribution in [2.24, 2.45) is 5.41 Å². The van der Waals surface area contributed by atoms with Gasteiger partial charge in [-0.25, -0.2) is 0 Å². The summed E-state index contributed by atoms with van der Waals surface area (Å²) in [5, 5.41) is 3.42. The molecule has 0 atom stereocenters. The molecule has 2 rings (SSSR count). The summed E-state index contributed by atoms with van der Waals surface area (Å²) in [7, 11) is 2.21. The Labute approximate surface area is 117 Å². The first-order valence-corrected chi connectivity index (χ1v) is 7.28. The van der Waals surface area contributed by atoms with E-state index in [2.05, 4.69) is 53.3 Å². The van der Waals surface area contributed by atoms with Crippen LogP contribution in [0.3, 0.4) is 0 Å². The van der Waals surface area contributed by atoms with E-state index < -0.39 is 0 Å². The molecule has 19 heavy (non-hydrogen) atoms. The first-order valence-electron chi connectivity index (χ1n) is 7.28. The number of aromatic nitrogens is 1. The number of rotatable bonds is 6. The first-order chi connectivity index (χ1) is 9.05. The fourth-order valence-corrected chi connectivity index (χ4v) is 3.08. The van der Waals surface area contributed by atoms with Crippen LogP contribution >= 0.6 is 0 Å². The van der Waals surface area contributed by atoms with Crippen LogP contribution in [0.25, 0.3) is 0 Å². The fourth-order valence-electron chi connectivity index (χ4n) is 3.08. The highest BCUT2D eigenvalue weighted by atomic mass is 15.2. The van der Waals surface area contributed by atoms with Gasteiger partial charge < -0.3 is 20.1 Å². The van der Waals surface area contributed by atoms with E-state index in [4.69, 9.17) is 0 Å². The van der Waals surface area contributed by atoms with Crippen molar-refractivity contribution < 1.29 is 0 Å². The van der Waals surface area contributed by atoms with E-state index in [1.165, 1.54) is 25.2 Å². The maximum atomic E-state index is 3.42. The van der Waals surface area contributed by atoms with Crippen molar-refractivity contribution in [1.82, 2.24) is 20.1 Å². The van der Waals surface area contributed by atoms with Crippen molar-refractivity contribution in [3.63, 3.8) is 0 Å². The van der Waals surface area contributed by atoms with Gasteiger partial charge in [-0.1, -0.05) is 13.8 Å². The molecule has 1 aromatic heterocycles. The lowest BCUT2D eigenvalue weighted by atomic mass is 9.91. The maximum Gasteiger partial charge on any atom is 0.0245 e. The van der Waals surface area contributed by atoms with E-state index in [0.29, 0.717) is 5.41 Å². The lowest BCUT2D eigenvalue weighted by Crippen LogP contribution is -2.48. The van der Waals surface area contributed by atoms with Gasteiger partial charge in [-0.3, -0.25) is 0 Å². The third-order valence-corrected chi connectivity index (χ3v) is 3.67. The number of nitrogens with zero attached hydrogens (tertiary/aromatic N) is 2. The van der Waals surface area contributed by atoms with Gasteiger partial charge in [0.25, 0.3) is 0 Å². The minimum Gasteiger partial charge on any atom is -0.367 e. The van der Waals surface area contributed by atoms with Crippen LogP contribution in [-0.4, -0.2) is 61.1 Å². The number of H-pyrrole nitrogens is 1. The number of aromatic amines is 1. The predicted octanol–water partition coefficient (Wildman–Crippen LogP) is 1.38. The highest BCUT2D eigenvalue weighted by molar-refractivity contribution is 5.07. The van der Waals surface area contributed by atoms with Crippen LogP contribution in [0, 0.1) is 5.41 Å².